The van der Waals surface area contributed by atoms with Gasteiger partial charge in [-0.1, -0.05) is 6.92 Å². The van der Waals surface area contributed by atoms with Crippen LogP contribution in [0.1, 0.15) is 12.5 Å². The first-order valence-electron chi connectivity index (χ1n) is 6.07. The van der Waals surface area contributed by atoms with Crippen LogP contribution in [0, 0.1) is 17.5 Å². The van der Waals surface area contributed by atoms with E-state index in [9.17, 15) is 13.2 Å². The molecule has 0 spiro atoms. The Balaban J connectivity index is 2.27. The summed E-state index contributed by atoms with van der Waals surface area (Å²) in [7, 11) is 0. The topological polar surface area (TPSA) is 34.2 Å². The first-order chi connectivity index (χ1) is 9.58. The molecule has 0 saturated heterocycles. The van der Waals surface area contributed by atoms with Crippen molar-refractivity contribution in [3.63, 3.8) is 0 Å². The minimum Gasteiger partial charge on any atom is -0.438 e. The zero-order valence-electron chi connectivity index (χ0n) is 10.8. The number of rotatable bonds is 5. The van der Waals surface area contributed by atoms with E-state index in [0.717, 1.165) is 24.4 Å². The molecule has 1 aromatic heterocycles. The van der Waals surface area contributed by atoms with Crippen LogP contribution in [0.4, 0.5) is 13.2 Å². The maximum atomic E-state index is 13.2. The van der Waals surface area contributed by atoms with Crippen LogP contribution in [0.2, 0.25) is 0 Å². The van der Waals surface area contributed by atoms with Crippen molar-refractivity contribution in [2.75, 3.05) is 6.54 Å². The van der Waals surface area contributed by atoms with Crippen LogP contribution in [0.5, 0.6) is 11.6 Å². The van der Waals surface area contributed by atoms with Crippen molar-refractivity contribution in [2.45, 2.75) is 13.5 Å². The van der Waals surface area contributed by atoms with Gasteiger partial charge in [0, 0.05) is 30.3 Å². The van der Waals surface area contributed by atoms with Gasteiger partial charge in [0.25, 0.3) is 0 Å². The number of nitrogens with one attached hydrogen (secondary N) is 1. The van der Waals surface area contributed by atoms with Gasteiger partial charge in [-0.3, -0.25) is 0 Å². The third-order valence-electron chi connectivity index (χ3n) is 2.51. The van der Waals surface area contributed by atoms with E-state index in [1.165, 1.54) is 6.07 Å². The van der Waals surface area contributed by atoms with Gasteiger partial charge >= 0.3 is 0 Å². The molecule has 0 bridgehead atoms. The average molecular weight is 282 g/mol. The van der Waals surface area contributed by atoms with Crippen molar-refractivity contribution in [1.29, 1.82) is 0 Å². The van der Waals surface area contributed by atoms with Crippen LogP contribution >= 0.6 is 0 Å². The lowest BCUT2D eigenvalue weighted by Crippen LogP contribution is -2.13. The van der Waals surface area contributed by atoms with E-state index in [0.29, 0.717) is 18.7 Å². The zero-order valence-corrected chi connectivity index (χ0v) is 10.8. The SMILES string of the molecule is CCNCc1cc(F)cnc1Oc1cc(F)cc(F)c1. The van der Waals surface area contributed by atoms with E-state index in [2.05, 4.69) is 10.3 Å². The Kier molecular flexibility index (Phi) is 4.57. The van der Waals surface area contributed by atoms with Crippen LogP contribution in [-0.4, -0.2) is 11.5 Å². The molecule has 0 aliphatic rings. The van der Waals surface area contributed by atoms with Crippen molar-refractivity contribution in [3.05, 3.63) is 53.5 Å². The minimum absolute atomic E-state index is 0.0284. The Bertz CT molecular complexity index is 585. The number of hydrogen-bond donors (Lipinski definition) is 1. The molecule has 20 heavy (non-hydrogen) atoms. The average Bonchev–Trinajstić information content (AvgIpc) is 2.38. The molecule has 3 nitrogen and oxygen atoms in total. The Labute approximate surface area is 114 Å². The smallest absolute Gasteiger partial charge is 0.223 e. The molecule has 0 saturated carbocycles. The van der Waals surface area contributed by atoms with E-state index in [4.69, 9.17) is 4.74 Å². The first-order valence-corrected chi connectivity index (χ1v) is 6.07. The third kappa shape index (κ3) is 3.71. The van der Waals surface area contributed by atoms with Crippen molar-refractivity contribution in [2.24, 2.45) is 0 Å². The molecule has 2 aromatic rings. The van der Waals surface area contributed by atoms with Crippen LogP contribution in [0.3, 0.4) is 0 Å². The number of ether oxygens (including phenoxy) is 1. The molecule has 2 rings (SSSR count). The quantitative estimate of drug-likeness (QED) is 0.912. The van der Waals surface area contributed by atoms with Crippen LogP contribution in [0.25, 0.3) is 0 Å². The Morgan fingerprint density at radius 2 is 1.75 bits per heavy atom. The lowest BCUT2D eigenvalue weighted by molar-refractivity contribution is 0.439. The van der Waals surface area contributed by atoms with E-state index < -0.39 is 17.5 Å². The highest BCUT2D eigenvalue weighted by molar-refractivity contribution is 5.33. The van der Waals surface area contributed by atoms with Crippen LogP contribution < -0.4 is 10.1 Å². The summed E-state index contributed by atoms with van der Waals surface area (Å²) >= 11 is 0. The molecular formula is C14H13F3N2O. The highest BCUT2D eigenvalue weighted by atomic mass is 19.1. The van der Waals surface area contributed by atoms with E-state index in [-0.39, 0.29) is 11.6 Å². The van der Waals surface area contributed by atoms with E-state index in [1.807, 2.05) is 6.92 Å². The van der Waals surface area contributed by atoms with Gasteiger partial charge in [0.1, 0.15) is 23.2 Å². The number of aromatic nitrogens is 1. The lowest BCUT2D eigenvalue weighted by Gasteiger charge is -2.10. The maximum absolute atomic E-state index is 13.2. The number of hydrogen-bond acceptors (Lipinski definition) is 3. The fourth-order valence-corrected chi connectivity index (χ4v) is 1.65. The second-order valence-corrected chi connectivity index (χ2v) is 4.11. The van der Waals surface area contributed by atoms with Gasteiger partial charge in [0.2, 0.25) is 5.88 Å². The maximum Gasteiger partial charge on any atom is 0.223 e. The molecule has 106 valence electrons. The molecule has 0 atom stereocenters. The molecule has 6 heteroatoms. The van der Waals surface area contributed by atoms with Gasteiger partial charge in [0.15, 0.2) is 0 Å². The standard InChI is InChI=1S/C14H13F3N2O/c1-2-18-7-9-3-12(17)8-19-14(9)20-13-5-10(15)4-11(16)6-13/h3-6,8,18H,2,7H2,1H3. The summed E-state index contributed by atoms with van der Waals surface area (Å²) in [5, 5.41) is 3.01. The van der Waals surface area contributed by atoms with Gasteiger partial charge < -0.3 is 10.1 Å². The monoisotopic (exact) mass is 282 g/mol. The molecule has 0 radical (unpaired) electrons. The molecule has 0 fully saturated rings. The second kappa shape index (κ2) is 6.38. The summed E-state index contributed by atoms with van der Waals surface area (Å²) in [6.45, 7) is 2.92. The third-order valence-corrected chi connectivity index (χ3v) is 2.51. The predicted octanol–water partition coefficient (Wildman–Crippen LogP) is 3.40. The Morgan fingerprint density at radius 3 is 2.40 bits per heavy atom. The fraction of sp³-hybridized carbons (Fsp3) is 0.214. The summed E-state index contributed by atoms with van der Waals surface area (Å²) in [4.78, 5) is 3.80. The summed E-state index contributed by atoms with van der Waals surface area (Å²) in [5.41, 5.74) is 0.469. The zero-order chi connectivity index (χ0) is 14.5. The summed E-state index contributed by atoms with van der Waals surface area (Å²) in [5.74, 6) is -1.93. The van der Waals surface area contributed by atoms with E-state index in [1.54, 1.807) is 0 Å². The summed E-state index contributed by atoms with van der Waals surface area (Å²) in [6.07, 6.45) is 0.987. The highest BCUT2D eigenvalue weighted by Gasteiger charge is 2.10. The Morgan fingerprint density at radius 1 is 1.05 bits per heavy atom. The molecule has 0 aliphatic carbocycles. The van der Waals surface area contributed by atoms with Crippen molar-refractivity contribution >= 4 is 0 Å². The van der Waals surface area contributed by atoms with E-state index >= 15 is 0 Å². The molecule has 0 unspecified atom stereocenters. The van der Waals surface area contributed by atoms with Crippen molar-refractivity contribution in [1.82, 2.24) is 10.3 Å². The number of nitrogens with zero attached hydrogens (tertiary/aromatic N) is 1. The van der Waals surface area contributed by atoms with Crippen molar-refractivity contribution < 1.29 is 17.9 Å². The Hall–Kier alpha value is -2.08. The second-order valence-electron chi connectivity index (χ2n) is 4.11. The van der Waals surface area contributed by atoms with Gasteiger partial charge in [0.05, 0.1) is 6.20 Å². The van der Waals surface area contributed by atoms with Crippen LogP contribution in [-0.2, 0) is 6.54 Å². The van der Waals surface area contributed by atoms with Crippen molar-refractivity contribution in [3.8, 4) is 11.6 Å². The van der Waals surface area contributed by atoms with Gasteiger partial charge in [-0.15, -0.1) is 0 Å². The molecular weight excluding hydrogens is 269 g/mol. The molecule has 0 amide bonds. The fourth-order valence-electron chi connectivity index (χ4n) is 1.65. The van der Waals surface area contributed by atoms with Gasteiger partial charge in [-0.2, -0.15) is 0 Å². The van der Waals surface area contributed by atoms with Gasteiger partial charge in [-0.25, -0.2) is 18.2 Å². The predicted molar refractivity (Wildman–Crippen MR) is 68.0 cm³/mol. The largest absolute Gasteiger partial charge is 0.438 e. The first kappa shape index (κ1) is 14.3. The normalized spacial score (nSPS) is 10.6. The van der Waals surface area contributed by atoms with Crippen LogP contribution in [0.15, 0.2) is 30.5 Å². The lowest BCUT2D eigenvalue weighted by atomic mass is 10.2. The molecule has 1 heterocycles. The number of benzene rings is 1. The number of pyridine rings is 1. The van der Waals surface area contributed by atoms with Gasteiger partial charge in [-0.05, 0) is 12.6 Å². The molecule has 0 aliphatic heterocycles. The summed E-state index contributed by atoms with van der Waals surface area (Å²) < 4.78 is 44.7. The summed E-state index contributed by atoms with van der Waals surface area (Å²) in [6, 6.07) is 4.07. The number of halogens is 3. The highest BCUT2D eigenvalue weighted by Crippen LogP contribution is 2.25. The molecule has 1 N–H and O–H groups in total. The molecule has 1 aromatic carbocycles. The minimum atomic E-state index is -0.754.